The highest BCUT2D eigenvalue weighted by Crippen LogP contribution is 2.21. The first-order valence-corrected chi connectivity index (χ1v) is 8.67. The van der Waals surface area contributed by atoms with Crippen LogP contribution in [0, 0.1) is 20.8 Å². The predicted octanol–water partition coefficient (Wildman–Crippen LogP) is 3.82. The van der Waals surface area contributed by atoms with Gasteiger partial charge in [-0.05, 0) is 52.0 Å². The molecule has 0 radical (unpaired) electrons. The van der Waals surface area contributed by atoms with Crippen LogP contribution in [0.2, 0.25) is 0 Å². The van der Waals surface area contributed by atoms with Crippen molar-refractivity contribution in [3.8, 4) is 0 Å². The van der Waals surface area contributed by atoms with E-state index < -0.39 is 0 Å². The van der Waals surface area contributed by atoms with E-state index in [2.05, 4.69) is 31.1 Å². The number of anilines is 4. The minimum Gasteiger partial charge on any atom is -0.370 e. The van der Waals surface area contributed by atoms with E-state index in [0.29, 0.717) is 34.3 Å². The molecule has 2 aromatic heterocycles. The topological polar surface area (TPSA) is 105 Å². The molecule has 0 fully saturated rings. The molecule has 0 aliphatic heterocycles. The molecule has 0 spiro atoms. The van der Waals surface area contributed by atoms with Crippen LogP contribution in [0.4, 0.5) is 23.0 Å². The zero-order valence-electron chi connectivity index (χ0n) is 15.8. The van der Waals surface area contributed by atoms with Crippen LogP contribution < -0.4 is 16.0 Å². The standard InChI is InChI=1S/C19H22N6O2/c1-5-20-16-10-17(22-13(4)21-16)23-14-6-8-15(9-7-14)24-19(26)18-11(2)25-27-12(18)3/h6-10H,5H2,1-4H3,(H,24,26)(H2,20,21,22,23). The summed E-state index contributed by atoms with van der Waals surface area (Å²) in [6.07, 6.45) is 0. The second kappa shape index (κ2) is 7.86. The number of nitrogens with one attached hydrogen (secondary N) is 3. The highest BCUT2D eigenvalue weighted by Gasteiger charge is 2.17. The molecule has 0 unspecified atom stereocenters. The van der Waals surface area contributed by atoms with Gasteiger partial charge in [0.2, 0.25) is 0 Å². The summed E-state index contributed by atoms with van der Waals surface area (Å²) in [4.78, 5) is 21.1. The van der Waals surface area contributed by atoms with Gasteiger partial charge in [0, 0.05) is 24.0 Å². The van der Waals surface area contributed by atoms with E-state index in [1.54, 1.807) is 13.8 Å². The van der Waals surface area contributed by atoms with Crippen molar-refractivity contribution in [2.75, 3.05) is 22.5 Å². The van der Waals surface area contributed by atoms with E-state index in [9.17, 15) is 4.79 Å². The first-order valence-electron chi connectivity index (χ1n) is 8.67. The van der Waals surface area contributed by atoms with E-state index in [1.807, 2.05) is 44.2 Å². The third-order valence-electron chi connectivity index (χ3n) is 3.87. The Labute approximate surface area is 157 Å². The van der Waals surface area contributed by atoms with Gasteiger partial charge in [0.1, 0.15) is 28.8 Å². The Hall–Kier alpha value is -3.42. The molecule has 0 saturated heterocycles. The van der Waals surface area contributed by atoms with E-state index in [-0.39, 0.29) is 5.91 Å². The van der Waals surface area contributed by atoms with Crippen molar-refractivity contribution in [2.24, 2.45) is 0 Å². The fraction of sp³-hybridized carbons (Fsp3) is 0.263. The van der Waals surface area contributed by atoms with Crippen molar-refractivity contribution in [3.05, 3.63) is 53.2 Å². The molecule has 3 rings (SSSR count). The molecule has 27 heavy (non-hydrogen) atoms. The quantitative estimate of drug-likeness (QED) is 0.609. The van der Waals surface area contributed by atoms with Gasteiger partial charge in [-0.15, -0.1) is 0 Å². The van der Waals surface area contributed by atoms with Crippen LogP contribution in [0.1, 0.15) is 34.6 Å². The van der Waals surface area contributed by atoms with Gasteiger partial charge in [-0.2, -0.15) is 0 Å². The Morgan fingerprint density at radius 3 is 2.33 bits per heavy atom. The summed E-state index contributed by atoms with van der Waals surface area (Å²) in [6.45, 7) is 8.10. The maximum absolute atomic E-state index is 12.4. The van der Waals surface area contributed by atoms with Gasteiger partial charge in [-0.1, -0.05) is 5.16 Å². The van der Waals surface area contributed by atoms with Gasteiger partial charge in [-0.25, -0.2) is 9.97 Å². The van der Waals surface area contributed by atoms with Gasteiger partial charge in [0.25, 0.3) is 5.91 Å². The number of hydrogen-bond donors (Lipinski definition) is 3. The summed E-state index contributed by atoms with van der Waals surface area (Å²) in [7, 11) is 0. The largest absolute Gasteiger partial charge is 0.370 e. The minimum absolute atomic E-state index is 0.242. The number of aromatic nitrogens is 3. The Kier molecular flexibility index (Phi) is 5.35. The lowest BCUT2D eigenvalue weighted by atomic mass is 10.2. The molecule has 0 aliphatic carbocycles. The molecular weight excluding hydrogens is 344 g/mol. The van der Waals surface area contributed by atoms with Crippen LogP contribution in [0.25, 0.3) is 0 Å². The third-order valence-corrected chi connectivity index (χ3v) is 3.87. The second-order valence-corrected chi connectivity index (χ2v) is 6.07. The smallest absolute Gasteiger partial charge is 0.261 e. The van der Waals surface area contributed by atoms with Crippen LogP contribution in [0.15, 0.2) is 34.9 Å². The van der Waals surface area contributed by atoms with Gasteiger partial charge in [0.05, 0.1) is 5.69 Å². The van der Waals surface area contributed by atoms with E-state index in [1.165, 1.54) is 0 Å². The minimum atomic E-state index is -0.242. The molecule has 3 aromatic rings. The summed E-state index contributed by atoms with van der Waals surface area (Å²) in [5, 5.41) is 13.1. The molecule has 140 valence electrons. The zero-order valence-corrected chi connectivity index (χ0v) is 15.8. The number of nitrogens with zero attached hydrogens (tertiary/aromatic N) is 3. The van der Waals surface area contributed by atoms with Crippen molar-refractivity contribution >= 4 is 28.9 Å². The highest BCUT2D eigenvalue weighted by molar-refractivity contribution is 6.05. The number of rotatable bonds is 6. The Morgan fingerprint density at radius 2 is 1.70 bits per heavy atom. The fourth-order valence-corrected chi connectivity index (χ4v) is 2.69. The van der Waals surface area contributed by atoms with Gasteiger partial charge in [0.15, 0.2) is 0 Å². The first-order chi connectivity index (χ1) is 13.0. The van der Waals surface area contributed by atoms with Gasteiger partial charge in [-0.3, -0.25) is 4.79 Å². The van der Waals surface area contributed by atoms with Crippen LogP contribution in [0.5, 0.6) is 0 Å². The maximum atomic E-state index is 12.4. The average Bonchev–Trinajstić information content (AvgIpc) is 2.95. The van der Waals surface area contributed by atoms with Crippen molar-refractivity contribution in [1.82, 2.24) is 15.1 Å². The van der Waals surface area contributed by atoms with E-state index in [0.717, 1.165) is 18.1 Å². The van der Waals surface area contributed by atoms with Gasteiger partial charge < -0.3 is 20.5 Å². The monoisotopic (exact) mass is 366 g/mol. The molecule has 8 nitrogen and oxygen atoms in total. The van der Waals surface area contributed by atoms with Gasteiger partial charge >= 0.3 is 0 Å². The molecular formula is C19H22N6O2. The summed E-state index contributed by atoms with van der Waals surface area (Å²) in [6, 6.07) is 9.22. The van der Waals surface area contributed by atoms with Crippen LogP contribution in [0.3, 0.4) is 0 Å². The molecule has 3 N–H and O–H groups in total. The van der Waals surface area contributed by atoms with E-state index >= 15 is 0 Å². The summed E-state index contributed by atoms with van der Waals surface area (Å²) >= 11 is 0. The van der Waals surface area contributed by atoms with Crippen molar-refractivity contribution in [3.63, 3.8) is 0 Å². The first kappa shape index (κ1) is 18.4. The normalized spacial score (nSPS) is 10.5. The summed E-state index contributed by atoms with van der Waals surface area (Å²) in [5.41, 5.74) is 2.56. The molecule has 8 heteroatoms. The Bertz CT molecular complexity index is 930. The van der Waals surface area contributed by atoms with Crippen LogP contribution in [-0.2, 0) is 0 Å². The summed E-state index contributed by atoms with van der Waals surface area (Å²) < 4.78 is 5.04. The summed E-state index contributed by atoms with van der Waals surface area (Å²) in [5.74, 6) is 2.41. The van der Waals surface area contributed by atoms with E-state index in [4.69, 9.17) is 4.52 Å². The lowest BCUT2D eigenvalue weighted by Gasteiger charge is -2.10. The fourth-order valence-electron chi connectivity index (χ4n) is 2.69. The van der Waals surface area contributed by atoms with Crippen molar-refractivity contribution < 1.29 is 9.32 Å². The predicted molar refractivity (Wildman–Crippen MR) is 105 cm³/mol. The Morgan fingerprint density at radius 1 is 1.04 bits per heavy atom. The zero-order chi connectivity index (χ0) is 19.4. The number of hydrogen-bond acceptors (Lipinski definition) is 7. The highest BCUT2D eigenvalue weighted by atomic mass is 16.5. The average molecular weight is 366 g/mol. The van der Waals surface area contributed by atoms with Crippen molar-refractivity contribution in [1.29, 1.82) is 0 Å². The lowest BCUT2D eigenvalue weighted by molar-refractivity contribution is 0.102. The number of carbonyl (C=O) groups excluding carboxylic acids is 1. The third kappa shape index (κ3) is 4.41. The molecule has 0 bridgehead atoms. The number of amides is 1. The molecule has 0 aliphatic rings. The second-order valence-electron chi connectivity index (χ2n) is 6.07. The number of aryl methyl sites for hydroxylation is 3. The SMILES string of the molecule is CCNc1cc(Nc2ccc(NC(=O)c3c(C)noc3C)cc2)nc(C)n1. The maximum Gasteiger partial charge on any atom is 0.261 e. The lowest BCUT2D eigenvalue weighted by Crippen LogP contribution is -2.13. The Balaban J connectivity index is 1.70. The van der Waals surface area contributed by atoms with Crippen molar-refractivity contribution in [2.45, 2.75) is 27.7 Å². The molecule has 1 aromatic carbocycles. The number of benzene rings is 1. The molecule has 0 saturated carbocycles. The number of carbonyl (C=O) groups is 1. The van der Waals surface area contributed by atoms with Crippen LogP contribution in [-0.4, -0.2) is 27.6 Å². The molecule has 0 atom stereocenters. The van der Waals surface area contributed by atoms with Crippen LogP contribution >= 0.6 is 0 Å². The molecule has 1 amide bonds. The molecule has 2 heterocycles.